The summed E-state index contributed by atoms with van der Waals surface area (Å²) in [6.45, 7) is 0.373. The summed E-state index contributed by atoms with van der Waals surface area (Å²) in [6, 6.07) is 13.9. The molecule has 0 saturated carbocycles. The van der Waals surface area contributed by atoms with Crippen molar-refractivity contribution in [1.29, 1.82) is 5.26 Å². The molecule has 0 saturated heterocycles. The Morgan fingerprint density at radius 2 is 2.08 bits per heavy atom. The van der Waals surface area contributed by atoms with Gasteiger partial charge in [-0.2, -0.15) is 5.26 Å². The van der Waals surface area contributed by atoms with E-state index in [1.54, 1.807) is 37.4 Å². The van der Waals surface area contributed by atoms with Crippen LogP contribution < -0.4 is 15.4 Å². The number of nitrogens with zero attached hydrogens (tertiary/aromatic N) is 2. The fourth-order valence-corrected chi connectivity index (χ4v) is 2.40. The lowest BCUT2D eigenvalue weighted by Gasteiger charge is -2.21. The van der Waals surface area contributed by atoms with E-state index in [9.17, 15) is 9.59 Å². The standard InChI is InChI=1S/C18H16N4O3/c1-22(10-13-4-2-12(9-19)3-5-13)18(24)20-14-6-7-15-16(8-14)25-11-17(23)21-15/h2-8H,10-11H2,1H3,(H,20,24)(H,21,23). The summed E-state index contributed by atoms with van der Waals surface area (Å²) in [7, 11) is 1.68. The van der Waals surface area contributed by atoms with Gasteiger partial charge in [-0.3, -0.25) is 4.79 Å². The molecule has 25 heavy (non-hydrogen) atoms. The Hall–Kier alpha value is -3.53. The van der Waals surface area contributed by atoms with Gasteiger partial charge in [0.15, 0.2) is 6.61 Å². The minimum absolute atomic E-state index is 0.0387. The molecule has 7 heteroatoms. The molecule has 1 heterocycles. The van der Waals surface area contributed by atoms with E-state index in [0.29, 0.717) is 29.2 Å². The zero-order valence-electron chi connectivity index (χ0n) is 13.6. The fourth-order valence-electron chi connectivity index (χ4n) is 2.40. The average molecular weight is 336 g/mol. The molecule has 1 aliphatic rings. The quantitative estimate of drug-likeness (QED) is 0.900. The van der Waals surface area contributed by atoms with Crippen LogP contribution in [0.4, 0.5) is 16.2 Å². The third kappa shape index (κ3) is 3.87. The van der Waals surface area contributed by atoms with Crippen molar-refractivity contribution in [3.63, 3.8) is 0 Å². The van der Waals surface area contributed by atoms with Crippen LogP contribution in [-0.2, 0) is 11.3 Å². The number of hydrogen-bond donors (Lipinski definition) is 2. The molecule has 0 unspecified atom stereocenters. The van der Waals surface area contributed by atoms with Gasteiger partial charge in [-0.15, -0.1) is 0 Å². The summed E-state index contributed by atoms with van der Waals surface area (Å²) < 4.78 is 5.33. The molecule has 0 atom stereocenters. The zero-order valence-corrected chi connectivity index (χ0v) is 13.6. The van der Waals surface area contributed by atoms with E-state index in [2.05, 4.69) is 16.7 Å². The van der Waals surface area contributed by atoms with Gasteiger partial charge in [0.25, 0.3) is 5.91 Å². The Labute approximate surface area is 144 Å². The minimum Gasteiger partial charge on any atom is -0.482 e. The fraction of sp³-hybridized carbons (Fsp3) is 0.167. The summed E-state index contributed by atoms with van der Waals surface area (Å²) in [5, 5.41) is 14.3. The molecule has 0 aliphatic carbocycles. The van der Waals surface area contributed by atoms with Crippen molar-refractivity contribution in [3.8, 4) is 11.8 Å². The molecule has 3 amide bonds. The van der Waals surface area contributed by atoms with E-state index < -0.39 is 0 Å². The van der Waals surface area contributed by atoms with Crippen LogP contribution >= 0.6 is 0 Å². The molecule has 126 valence electrons. The van der Waals surface area contributed by atoms with E-state index in [4.69, 9.17) is 10.00 Å². The maximum Gasteiger partial charge on any atom is 0.321 e. The maximum absolute atomic E-state index is 12.3. The second-order valence-electron chi connectivity index (χ2n) is 5.64. The van der Waals surface area contributed by atoms with Crippen LogP contribution in [0.25, 0.3) is 0 Å². The van der Waals surface area contributed by atoms with Crippen molar-refractivity contribution in [2.45, 2.75) is 6.54 Å². The van der Waals surface area contributed by atoms with E-state index in [-0.39, 0.29) is 18.5 Å². The lowest BCUT2D eigenvalue weighted by Crippen LogP contribution is -2.31. The average Bonchev–Trinajstić information content (AvgIpc) is 2.62. The van der Waals surface area contributed by atoms with Crippen LogP contribution in [0.1, 0.15) is 11.1 Å². The molecular formula is C18H16N4O3. The first-order chi connectivity index (χ1) is 12.0. The molecular weight excluding hydrogens is 320 g/mol. The van der Waals surface area contributed by atoms with Crippen LogP contribution in [0.2, 0.25) is 0 Å². The number of benzene rings is 2. The van der Waals surface area contributed by atoms with Crippen LogP contribution in [-0.4, -0.2) is 30.5 Å². The van der Waals surface area contributed by atoms with Gasteiger partial charge < -0.3 is 20.3 Å². The highest BCUT2D eigenvalue weighted by atomic mass is 16.5. The molecule has 0 fully saturated rings. The van der Waals surface area contributed by atoms with Crippen molar-refractivity contribution in [1.82, 2.24) is 4.90 Å². The second kappa shape index (κ2) is 6.93. The number of nitrogens with one attached hydrogen (secondary N) is 2. The van der Waals surface area contributed by atoms with Crippen molar-refractivity contribution in [2.24, 2.45) is 0 Å². The molecule has 2 aromatic rings. The lowest BCUT2D eigenvalue weighted by molar-refractivity contribution is -0.118. The SMILES string of the molecule is CN(Cc1ccc(C#N)cc1)C(=O)Nc1ccc2c(c1)OCC(=O)N2. The zero-order chi connectivity index (χ0) is 17.8. The van der Waals surface area contributed by atoms with Crippen molar-refractivity contribution >= 4 is 23.3 Å². The number of fused-ring (bicyclic) bond motifs is 1. The number of rotatable bonds is 3. The summed E-state index contributed by atoms with van der Waals surface area (Å²) in [5.41, 5.74) is 2.66. The van der Waals surface area contributed by atoms with Gasteiger partial charge in [-0.25, -0.2) is 4.79 Å². The summed E-state index contributed by atoms with van der Waals surface area (Å²) in [4.78, 5) is 25.1. The summed E-state index contributed by atoms with van der Waals surface area (Å²) >= 11 is 0. The molecule has 0 bridgehead atoms. The molecule has 2 N–H and O–H groups in total. The van der Waals surface area contributed by atoms with Gasteiger partial charge in [0.1, 0.15) is 5.75 Å². The number of carbonyl (C=O) groups excluding carboxylic acids is 2. The highest BCUT2D eigenvalue weighted by molar-refractivity contribution is 5.96. The third-order valence-corrected chi connectivity index (χ3v) is 3.72. The Morgan fingerprint density at radius 1 is 1.32 bits per heavy atom. The molecule has 3 rings (SSSR count). The molecule has 2 aromatic carbocycles. The molecule has 1 aliphatic heterocycles. The summed E-state index contributed by atoms with van der Waals surface area (Å²) in [5.74, 6) is 0.318. The van der Waals surface area contributed by atoms with Gasteiger partial charge in [0, 0.05) is 25.3 Å². The van der Waals surface area contributed by atoms with Crippen LogP contribution in [0.15, 0.2) is 42.5 Å². The van der Waals surface area contributed by atoms with Crippen LogP contribution in [0.5, 0.6) is 5.75 Å². The number of ether oxygens (including phenoxy) is 1. The monoisotopic (exact) mass is 336 g/mol. The van der Waals surface area contributed by atoms with E-state index in [1.165, 1.54) is 4.90 Å². The minimum atomic E-state index is -0.274. The van der Waals surface area contributed by atoms with Gasteiger partial charge >= 0.3 is 6.03 Å². The number of hydrogen-bond acceptors (Lipinski definition) is 4. The Bertz CT molecular complexity index is 856. The van der Waals surface area contributed by atoms with Gasteiger partial charge in [-0.1, -0.05) is 12.1 Å². The first-order valence-electron chi connectivity index (χ1n) is 7.63. The number of urea groups is 1. The third-order valence-electron chi connectivity index (χ3n) is 3.72. The number of nitriles is 1. The van der Waals surface area contributed by atoms with Crippen LogP contribution in [0, 0.1) is 11.3 Å². The predicted molar refractivity (Wildman–Crippen MR) is 92.2 cm³/mol. The number of amides is 3. The first-order valence-corrected chi connectivity index (χ1v) is 7.63. The van der Waals surface area contributed by atoms with Gasteiger partial charge in [-0.05, 0) is 29.8 Å². The summed E-state index contributed by atoms with van der Waals surface area (Å²) in [6.07, 6.45) is 0. The van der Waals surface area contributed by atoms with Gasteiger partial charge in [0.2, 0.25) is 0 Å². The first kappa shape index (κ1) is 16.3. The van der Waals surface area contributed by atoms with Crippen molar-refractivity contribution in [2.75, 3.05) is 24.3 Å². The van der Waals surface area contributed by atoms with Crippen molar-refractivity contribution in [3.05, 3.63) is 53.6 Å². The Balaban J connectivity index is 1.63. The smallest absolute Gasteiger partial charge is 0.321 e. The van der Waals surface area contributed by atoms with Crippen LogP contribution in [0.3, 0.4) is 0 Å². The molecule has 7 nitrogen and oxygen atoms in total. The van der Waals surface area contributed by atoms with Gasteiger partial charge in [0.05, 0.1) is 17.3 Å². The van der Waals surface area contributed by atoms with Crippen molar-refractivity contribution < 1.29 is 14.3 Å². The molecule has 0 radical (unpaired) electrons. The number of anilines is 2. The Morgan fingerprint density at radius 3 is 2.80 bits per heavy atom. The highest BCUT2D eigenvalue weighted by Gasteiger charge is 2.17. The lowest BCUT2D eigenvalue weighted by atomic mass is 10.1. The second-order valence-corrected chi connectivity index (χ2v) is 5.64. The largest absolute Gasteiger partial charge is 0.482 e. The highest BCUT2D eigenvalue weighted by Crippen LogP contribution is 2.30. The molecule has 0 aromatic heterocycles. The normalized spacial score (nSPS) is 12.2. The maximum atomic E-state index is 12.3. The van der Waals surface area contributed by atoms with E-state index in [0.717, 1.165) is 5.56 Å². The topological polar surface area (TPSA) is 94.5 Å². The molecule has 0 spiro atoms. The Kier molecular flexibility index (Phi) is 4.53. The van der Waals surface area contributed by atoms with E-state index in [1.807, 2.05) is 12.1 Å². The van der Waals surface area contributed by atoms with E-state index >= 15 is 0 Å². The number of carbonyl (C=O) groups is 2. The predicted octanol–water partition coefficient (Wildman–Crippen LogP) is 2.55.